The molecule has 4 aromatic rings. The molecule has 2 heteroatoms. The van der Waals surface area contributed by atoms with Crippen molar-refractivity contribution in [3.63, 3.8) is 0 Å². The number of aryl methyl sites for hydroxylation is 1. The lowest BCUT2D eigenvalue weighted by molar-refractivity contribution is 1.06. The van der Waals surface area contributed by atoms with Gasteiger partial charge in [-0.2, -0.15) is 0 Å². The van der Waals surface area contributed by atoms with Gasteiger partial charge in [-0.3, -0.25) is 0 Å². The molecule has 21 heavy (non-hydrogen) atoms. The first kappa shape index (κ1) is 12.7. The summed E-state index contributed by atoms with van der Waals surface area (Å²) in [6, 6.07) is 23.7. The highest BCUT2D eigenvalue weighted by Gasteiger charge is 2.10. The van der Waals surface area contributed by atoms with Crippen molar-refractivity contribution >= 4 is 37.6 Å². The van der Waals surface area contributed by atoms with Crippen LogP contribution in [0.1, 0.15) is 5.69 Å². The van der Waals surface area contributed by atoms with Crippen molar-refractivity contribution in [3.8, 4) is 5.69 Å². The minimum atomic E-state index is 1.12. The molecule has 0 aliphatic heterocycles. The fourth-order valence-corrected chi connectivity index (χ4v) is 3.43. The van der Waals surface area contributed by atoms with Gasteiger partial charge < -0.3 is 4.57 Å². The lowest BCUT2D eigenvalue weighted by Gasteiger charge is -2.12. The summed E-state index contributed by atoms with van der Waals surface area (Å²) < 4.78 is 3.45. The number of benzene rings is 3. The van der Waals surface area contributed by atoms with Crippen molar-refractivity contribution < 1.29 is 0 Å². The number of fused-ring (bicyclic) bond motifs is 2. The molecule has 0 radical (unpaired) electrons. The molecule has 0 atom stereocenters. The largest absolute Gasteiger partial charge is 0.313 e. The van der Waals surface area contributed by atoms with Crippen LogP contribution < -0.4 is 0 Å². The van der Waals surface area contributed by atoms with E-state index in [0.717, 1.165) is 4.47 Å². The Balaban J connectivity index is 2.11. The van der Waals surface area contributed by atoms with E-state index in [9.17, 15) is 0 Å². The Morgan fingerprint density at radius 3 is 2.52 bits per heavy atom. The van der Waals surface area contributed by atoms with Gasteiger partial charge in [0.25, 0.3) is 0 Å². The van der Waals surface area contributed by atoms with Gasteiger partial charge in [0.15, 0.2) is 0 Å². The van der Waals surface area contributed by atoms with Crippen molar-refractivity contribution in [1.29, 1.82) is 0 Å². The van der Waals surface area contributed by atoms with Crippen LogP contribution >= 0.6 is 15.9 Å². The summed E-state index contributed by atoms with van der Waals surface area (Å²) >= 11 is 3.55. The molecule has 1 aromatic heterocycles. The van der Waals surface area contributed by atoms with Crippen LogP contribution in [0.2, 0.25) is 0 Å². The van der Waals surface area contributed by atoms with Crippen LogP contribution in [0.4, 0.5) is 0 Å². The highest BCUT2D eigenvalue weighted by Crippen LogP contribution is 2.30. The number of hydrogen-bond donors (Lipinski definition) is 0. The molecule has 0 bridgehead atoms. The van der Waals surface area contributed by atoms with Crippen LogP contribution in [0.15, 0.2) is 71.2 Å². The second-order valence-corrected chi connectivity index (χ2v) is 6.24. The SMILES string of the molecule is Cc1cc2cc(Br)ccc2n1-c1cccc2ccccc12. The second kappa shape index (κ2) is 4.74. The van der Waals surface area contributed by atoms with Gasteiger partial charge in [-0.15, -0.1) is 0 Å². The van der Waals surface area contributed by atoms with E-state index in [2.05, 4.69) is 94.2 Å². The van der Waals surface area contributed by atoms with Crippen LogP contribution in [0.5, 0.6) is 0 Å². The molecule has 0 saturated heterocycles. The molecular formula is C19H14BrN. The lowest BCUT2D eigenvalue weighted by Crippen LogP contribution is -1.97. The van der Waals surface area contributed by atoms with Gasteiger partial charge in [0.1, 0.15) is 0 Å². The molecule has 0 aliphatic rings. The number of nitrogens with zero attached hydrogens (tertiary/aromatic N) is 1. The average molecular weight is 336 g/mol. The van der Waals surface area contributed by atoms with Crippen molar-refractivity contribution in [1.82, 2.24) is 4.57 Å². The van der Waals surface area contributed by atoms with Gasteiger partial charge in [-0.05, 0) is 42.6 Å². The van der Waals surface area contributed by atoms with Crippen molar-refractivity contribution in [2.75, 3.05) is 0 Å². The molecule has 4 rings (SSSR count). The van der Waals surface area contributed by atoms with Crippen LogP contribution in [0, 0.1) is 6.92 Å². The van der Waals surface area contributed by atoms with Crippen molar-refractivity contribution in [2.24, 2.45) is 0 Å². The predicted octanol–water partition coefficient (Wildman–Crippen LogP) is 5.85. The number of halogens is 1. The monoisotopic (exact) mass is 335 g/mol. The third-order valence-electron chi connectivity index (χ3n) is 3.96. The minimum Gasteiger partial charge on any atom is -0.313 e. The Hall–Kier alpha value is -2.06. The molecule has 0 fully saturated rings. The maximum atomic E-state index is 3.55. The number of rotatable bonds is 1. The van der Waals surface area contributed by atoms with Gasteiger partial charge in [0, 0.05) is 20.9 Å². The van der Waals surface area contributed by atoms with E-state index >= 15 is 0 Å². The van der Waals surface area contributed by atoms with Gasteiger partial charge in [0.2, 0.25) is 0 Å². The molecule has 3 aromatic carbocycles. The Bertz CT molecular complexity index is 961. The van der Waals surface area contributed by atoms with Crippen molar-refractivity contribution in [3.05, 3.63) is 76.9 Å². The fraction of sp³-hybridized carbons (Fsp3) is 0.0526. The molecular weight excluding hydrogens is 322 g/mol. The van der Waals surface area contributed by atoms with Gasteiger partial charge >= 0.3 is 0 Å². The maximum Gasteiger partial charge on any atom is 0.0536 e. The molecule has 1 nitrogen and oxygen atoms in total. The highest BCUT2D eigenvalue weighted by molar-refractivity contribution is 9.10. The molecule has 1 heterocycles. The Morgan fingerprint density at radius 1 is 0.810 bits per heavy atom. The molecule has 0 amide bonds. The minimum absolute atomic E-state index is 1.12. The Kier molecular flexibility index (Phi) is 2.86. The summed E-state index contributed by atoms with van der Waals surface area (Å²) in [5, 5.41) is 3.81. The summed E-state index contributed by atoms with van der Waals surface area (Å²) in [7, 11) is 0. The molecule has 0 N–H and O–H groups in total. The summed E-state index contributed by atoms with van der Waals surface area (Å²) in [6.45, 7) is 2.16. The van der Waals surface area contributed by atoms with E-state index in [1.807, 2.05) is 0 Å². The van der Waals surface area contributed by atoms with Crippen molar-refractivity contribution in [2.45, 2.75) is 6.92 Å². The van der Waals surface area contributed by atoms with E-state index in [1.165, 1.54) is 33.1 Å². The smallest absolute Gasteiger partial charge is 0.0536 e. The van der Waals surface area contributed by atoms with Crippen LogP contribution in [-0.2, 0) is 0 Å². The molecule has 0 unspecified atom stereocenters. The lowest BCUT2D eigenvalue weighted by atomic mass is 10.1. The molecule has 102 valence electrons. The van der Waals surface area contributed by atoms with Gasteiger partial charge in [-0.25, -0.2) is 0 Å². The number of aromatic nitrogens is 1. The van der Waals surface area contributed by atoms with E-state index < -0.39 is 0 Å². The Morgan fingerprint density at radius 2 is 1.62 bits per heavy atom. The molecule has 0 saturated carbocycles. The van der Waals surface area contributed by atoms with Crippen LogP contribution in [0.25, 0.3) is 27.4 Å². The maximum absolute atomic E-state index is 3.55. The third-order valence-corrected chi connectivity index (χ3v) is 4.45. The van der Waals surface area contributed by atoms with E-state index in [1.54, 1.807) is 0 Å². The zero-order valence-corrected chi connectivity index (χ0v) is 13.3. The highest BCUT2D eigenvalue weighted by atomic mass is 79.9. The van der Waals surface area contributed by atoms with Crippen LogP contribution in [-0.4, -0.2) is 4.57 Å². The predicted molar refractivity (Wildman–Crippen MR) is 93.2 cm³/mol. The molecule has 0 spiro atoms. The topological polar surface area (TPSA) is 4.93 Å². The van der Waals surface area contributed by atoms with Gasteiger partial charge in [0.05, 0.1) is 11.2 Å². The first-order valence-electron chi connectivity index (χ1n) is 7.00. The standard InChI is InChI=1S/C19H14BrN/c1-13-11-15-12-16(20)9-10-18(15)21(13)19-8-4-6-14-5-2-3-7-17(14)19/h2-12H,1H3. The summed E-state index contributed by atoms with van der Waals surface area (Å²) in [5.74, 6) is 0. The summed E-state index contributed by atoms with van der Waals surface area (Å²) in [6.07, 6.45) is 0. The molecule has 0 aliphatic carbocycles. The van der Waals surface area contributed by atoms with Gasteiger partial charge in [-0.1, -0.05) is 52.3 Å². The Labute approximate surface area is 132 Å². The second-order valence-electron chi connectivity index (χ2n) is 5.32. The third kappa shape index (κ3) is 1.98. The first-order valence-corrected chi connectivity index (χ1v) is 7.79. The summed E-state index contributed by atoms with van der Waals surface area (Å²) in [5.41, 5.74) is 3.73. The quantitative estimate of drug-likeness (QED) is 0.411. The first-order chi connectivity index (χ1) is 10.2. The number of hydrogen-bond acceptors (Lipinski definition) is 0. The summed E-state index contributed by atoms with van der Waals surface area (Å²) in [4.78, 5) is 0. The van der Waals surface area contributed by atoms with E-state index in [0.29, 0.717) is 0 Å². The zero-order valence-electron chi connectivity index (χ0n) is 11.7. The normalized spacial score (nSPS) is 11.3. The zero-order chi connectivity index (χ0) is 14.4. The van der Waals surface area contributed by atoms with E-state index in [4.69, 9.17) is 0 Å². The van der Waals surface area contributed by atoms with E-state index in [-0.39, 0.29) is 0 Å². The van der Waals surface area contributed by atoms with Crippen LogP contribution in [0.3, 0.4) is 0 Å². The fourth-order valence-electron chi connectivity index (χ4n) is 3.05. The average Bonchev–Trinajstić information content (AvgIpc) is 2.81.